The van der Waals surface area contributed by atoms with Gasteiger partial charge in [-0.3, -0.25) is 0 Å². The largest absolute Gasteiger partial charge is 0.342 e. The topological polar surface area (TPSA) is 6.48 Å². The highest BCUT2D eigenvalue weighted by Crippen LogP contribution is 2.63. The number of para-hydroxylation sites is 1. The van der Waals surface area contributed by atoms with Gasteiger partial charge in [0.2, 0.25) is 0 Å². The molecule has 0 saturated heterocycles. The number of anilines is 2. The lowest BCUT2D eigenvalue weighted by Crippen LogP contribution is -2.52. The van der Waals surface area contributed by atoms with Gasteiger partial charge < -0.3 is 9.80 Å². The summed E-state index contributed by atoms with van der Waals surface area (Å²) >= 11 is 0. The molecule has 2 aromatic rings. The van der Waals surface area contributed by atoms with Crippen LogP contribution in [0.15, 0.2) is 137 Å². The van der Waals surface area contributed by atoms with Gasteiger partial charge in [-0.25, -0.2) is 0 Å². The van der Waals surface area contributed by atoms with Crippen molar-refractivity contribution in [1.29, 1.82) is 0 Å². The number of aryl methyl sites for hydroxylation is 1. The normalized spacial score (nSPS) is 32.9. The predicted molar refractivity (Wildman–Crippen MR) is 235 cm³/mol. The van der Waals surface area contributed by atoms with Crippen molar-refractivity contribution in [3.8, 4) is 0 Å². The molecule has 0 spiro atoms. The number of hydrogen-bond donors (Lipinski definition) is 0. The third kappa shape index (κ3) is 6.38. The molecular weight excluding hydrogens is 677 g/mol. The van der Waals surface area contributed by atoms with Crippen LogP contribution in [0.4, 0.5) is 11.4 Å². The van der Waals surface area contributed by atoms with E-state index >= 15 is 0 Å². The summed E-state index contributed by atoms with van der Waals surface area (Å²) in [5.74, 6) is 5.11. The van der Waals surface area contributed by atoms with E-state index in [1.54, 1.807) is 11.3 Å². The molecule has 2 aromatic carbocycles. The standard InChI is InChI=1S/C54H62N2/c1-3-15-43(16-4-1)56(44-17-5-2-6-18-44)54-32-31-49-48-30-25-40(50-35-52(49)53(54)36-51(48)50)22-19-37-20-26-45(27-21-37)55(46-28-23-38-11-7-9-13-41(38)33-46)47-29-24-39-12-8-10-14-42(39)34-47/h1-5,7,10-11,14-17,19,22-23,28,33-34,37,40,45,48-51,54H,6,8-9,12-13,18,20-21,24-27,29-32,35-36H2/b22-19+. The van der Waals surface area contributed by atoms with Gasteiger partial charge in [-0.05, 0) is 210 Å². The molecule has 0 amide bonds. The van der Waals surface area contributed by atoms with Crippen LogP contribution in [0.1, 0.15) is 120 Å². The van der Waals surface area contributed by atoms with Gasteiger partial charge >= 0.3 is 0 Å². The Morgan fingerprint density at radius 2 is 1.45 bits per heavy atom. The minimum atomic E-state index is 0.550. The molecule has 288 valence electrons. The molecule has 0 aliphatic heterocycles. The van der Waals surface area contributed by atoms with Crippen molar-refractivity contribution in [2.24, 2.45) is 35.5 Å². The Morgan fingerprint density at radius 1 is 0.589 bits per heavy atom. The molecule has 2 heteroatoms. The molecule has 0 aromatic heterocycles. The molecule has 12 rings (SSSR count). The zero-order chi connectivity index (χ0) is 37.0. The van der Waals surface area contributed by atoms with Gasteiger partial charge in [0.15, 0.2) is 0 Å². The number of benzene rings is 2. The molecule has 10 aliphatic rings. The van der Waals surface area contributed by atoms with Gasteiger partial charge in [-0.1, -0.05) is 84.0 Å². The summed E-state index contributed by atoms with van der Waals surface area (Å²) in [5.41, 5.74) is 15.9. The van der Waals surface area contributed by atoms with Crippen molar-refractivity contribution in [3.05, 3.63) is 148 Å². The number of rotatable bonds is 8. The van der Waals surface area contributed by atoms with Crippen LogP contribution in [-0.2, 0) is 6.42 Å². The maximum Gasteiger partial charge on any atom is 0.0551 e. The smallest absolute Gasteiger partial charge is 0.0551 e. The molecule has 6 atom stereocenters. The average molecular weight is 739 g/mol. The first-order chi connectivity index (χ1) is 27.7. The lowest BCUT2D eigenvalue weighted by molar-refractivity contribution is 0.0177. The Morgan fingerprint density at radius 3 is 2.34 bits per heavy atom. The van der Waals surface area contributed by atoms with Crippen molar-refractivity contribution < 1.29 is 0 Å². The molecule has 3 saturated carbocycles. The van der Waals surface area contributed by atoms with Crippen LogP contribution in [0.5, 0.6) is 0 Å². The Balaban J connectivity index is 0.800. The van der Waals surface area contributed by atoms with Crippen molar-refractivity contribution in [2.75, 3.05) is 9.80 Å². The molecule has 56 heavy (non-hydrogen) atoms. The minimum Gasteiger partial charge on any atom is -0.342 e. The van der Waals surface area contributed by atoms with Gasteiger partial charge in [-0.15, -0.1) is 0 Å². The first kappa shape index (κ1) is 35.1. The summed E-state index contributed by atoms with van der Waals surface area (Å²) in [6.07, 6.45) is 47.8. The third-order valence-corrected chi connectivity index (χ3v) is 16.2. The van der Waals surface area contributed by atoms with E-state index in [1.807, 2.05) is 11.1 Å². The SMILES string of the molecule is C1=CCCC(N(c2ccccc2)C2CCC3C4=C2CC2C(C4)C(/C=C/C4CCC(N(C5=CC6=C(CCC=C6)CC5)c5ccc6c(c5)CCC=C6)CC4)CCC32)=C1. The summed E-state index contributed by atoms with van der Waals surface area (Å²) in [6.45, 7) is 0. The molecule has 6 unspecified atom stereocenters. The molecule has 3 fully saturated rings. The van der Waals surface area contributed by atoms with E-state index in [9.17, 15) is 0 Å². The molecule has 0 N–H and O–H groups in total. The van der Waals surface area contributed by atoms with Crippen molar-refractivity contribution in [1.82, 2.24) is 0 Å². The van der Waals surface area contributed by atoms with Crippen LogP contribution in [0.25, 0.3) is 6.08 Å². The predicted octanol–water partition coefficient (Wildman–Crippen LogP) is 13.8. The highest BCUT2D eigenvalue weighted by atomic mass is 15.2. The fourth-order valence-corrected chi connectivity index (χ4v) is 13.6. The fraction of sp³-hybridized carbons (Fsp3) is 0.481. The second-order valence-corrected chi connectivity index (χ2v) is 19.0. The Labute approximate surface area is 337 Å². The number of allylic oxidation sites excluding steroid dienone is 14. The van der Waals surface area contributed by atoms with Gasteiger partial charge in [0.25, 0.3) is 0 Å². The first-order valence-electron chi connectivity index (χ1n) is 23.0. The minimum absolute atomic E-state index is 0.550. The number of hydrogen-bond acceptors (Lipinski definition) is 2. The van der Waals surface area contributed by atoms with E-state index in [0.29, 0.717) is 12.1 Å². The van der Waals surface area contributed by atoms with Crippen LogP contribution in [0.2, 0.25) is 0 Å². The molecule has 6 bridgehead atoms. The zero-order valence-corrected chi connectivity index (χ0v) is 33.6. The highest BCUT2D eigenvalue weighted by Gasteiger charge is 2.54. The van der Waals surface area contributed by atoms with E-state index in [0.717, 1.165) is 41.9 Å². The summed E-state index contributed by atoms with van der Waals surface area (Å²) < 4.78 is 0. The Kier molecular flexibility index (Phi) is 9.44. The highest BCUT2D eigenvalue weighted by molar-refractivity contribution is 5.65. The molecule has 0 radical (unpaired) electrons. The lowest BCUT2D eigenvalue weighted by atomic mass is 9.47. The molecule has 10 aliphatic carbocycles. The Bertz CT molecular complexity index is 2070. The molecule has 0 heterocycles. The van der Waals surface area contributed by atoms with Crippen LogP contribution in [0, 0.1) is 35.5 Å². The lowest BCUT2D eigenvalue weighted by Gasteiger charge is -2.59. The van der Waals surface area contributed by atoms with Crippen LogP contribution < -0.4 is 9.80 Å². The van der Waals surface area contributed by atoms with Crippen LogP contribution in [-0.4, -0.2) is 12.1 Å². The fourth-order valence-electron chi connectivity index (χ4n) is 13.6. The van der Waals surface area contributed by atoms with E-state index < -0.39 is 0 Å². The van der Waals surface area contributed by atoms with Gasteiger partial charge in [0, 0.05) is 28.8 Å². The average Bonchev–Trinajstić information content (AvgIpc) is 3.26. The van der Waals surface area contributed by atoms with Crippen LogP contribution >= 0.6 is 0 Å². The van der Waals surface area contributed by atoms with E-state index in [-0.39, 0.29) is 0 Å². The quantitative estimate of drug-likeness (QED) is 0.249. The van der Waals surface area contributed by atoms with Crippen LogP contribution in [0.3, 0.4) is 0 Å². The summed E-state index contributed by atoms with van der Waals surface area (Å²) in [5, 5.41) is 0. The van der Waals surface area contributed by atoms with Crippen molar-refractivity contribution >= 4 is 17.5 Å². The number of nitrogens with zero attached hydrogens (tertiary/aromatic N) is 2. The van der Waals surface area contributed by atoms with E-state index in [2.05, 4.69) is 119 Å². The number of fused-ring (bicyclic) bond motifs is 1. The van der Waals surface area contributed by atoms with Gasteiger partial charge in [0.1, 0.15) is 0 Å². The second kappa shape index (κ2) is 15.0. The van der Waals surface area contributed by atoms with E-state index in [1.165, 1.54) is 143 Å². The maximum absolute atomic E-state index is 2.82. The zero-order valence-electron chi connectivity index (χ0n) is 33.6. The summed E-state index contributed by atoms with van der Waals surface area (Å²) in [7, 11) is 0. The molecule has 2 nitrogen and oxygen atoms in total. The van der Waals surface area contributed by atoms with E-state index in [4.69, 9.17) is 0 Å². The monoisotopic (exact) mass is 738 g/mol. The summed E-state index contributed by atoms with van der Waals surface area (Å²) in [6, 6.07) is 19.9. The molecular formula is C54H62N2. The van der Waals surface area contributed by atoms with Gasteiger partial charge in [0.05, 0.1) is 6.04 Å². The van der Waals surface area contributed by atoms with Gasteiger partial charge in [-0.2, -0.15) is 0 Å². The Hall–Kier alpha value is -4.04. The summed E-state index contributed by atoms with van der Waals surface area (Å²) in [4.78, 5) is 5.60. The van der Waals surface area contributed by atoms with Crippen molar-refractivity contribution in [2.45, 2.75) is 128 Å². The maximum atomic E-state index is 2.82. The van der Waals surface area contributed by atoms with Crippen molar-refractivity contribution in [3.63, 3.8) is 0 Å². The first-order valence-corrected chi connectivity index (χ1v) is 23.0. The second-order valence-electron chi connectivity index (χ2n) is 19.0. The third-order valence-electron chi connectivity index (χ3n) is 16.2.